The van der Waals surface area contributed by atoms with Gasteiger partial charge in [0.15, 0.2) is 5.78 Å². The number of carbonyl (C=O) groups is 2. The minimum atomic E-state index is -1.07. The van der Waals surface area contributed by atoms with E-state index in [1.807, 2.05) is 31.2 Å². The molecule has 0 amide bonds. The van der Waals surface area contributed by atoms with Crippen molar-refractivity contribution in [2.45, 2.75) is 52.2 Å². The number of carboxylic acid groups (broad SMARTS) is 1. The third-order valence-electron chi connectivity index (χ3n) is 6.41. The molecule has 7 nitrogen and oxygen atoms in total. The summed E-state index contributed by atoms with van der Waals surface area (Å²) in [5, 5.41) is 9.60. The predicted molar refractivity (Wildman–Crippen MR) is 126 cm³/mol. The van der Waals surface area contributed by atoms with Crippen molar-refractivity contribution in [2.75, 3.05) is 7.11 Å². The van der Waals surface area contributed by atoms with Gasteiger partial charge in [-0.3, -0.25) is 4.79 Å². The van der Waals surface area contributed by atoms with Crippen LogP contribution in [-0.2, 0) is 11.3 Å². The number of methoxy groups -OCH3 is 1. The largest absolute Gasteiger partial charge is 0.497 e. The fourth-order valence-electron chi connectivity index (χ4n) is 4.55. The molecule has 34 heavy (non-hydrogen) atoms. The van der Waals surface area contributed by atoms with Crippen molar-refractivity contribution in [3.63, 3.8) is 0 Å². The number of hydrogen-bond donors (Lipinski definition) is 1. The summed E-state index contributed by atoms with van der Waals surface area (Å²) >= 11 is 0. The molecule has 1 aliphatic carbocycles. The molecule has 0 unspecified atom stereocenters. The third-order valence-corrected chi connectivity index (χ3v) is 6.41. The van der Waals surface area contributed by atoms with Crippen molar-refractivity contribution in [2.24, 2.45) is 5.92 Å². The second-order valence-corrected chi connectivity index (χ2v) is 8.72. The maximum Gasteiger partial charge on any atom is 0.336 e. The van der Waals surface area contributed by atoms with E-state index in [0.717, 1.165) is 36.3 Å². The molecule has 2 atom stereocenters. The van der Waals surface area contributed by atoms with Crippen LogP contribution in [0.5, 0.6) is 5.75 Å². The lowest BCUT2D eigenvalue weighted by Crippen LogP contribution is -2.29. The summed E-state index contributed by atoms with van der Waals surface area (Å²) in [7, 11) is 1.61. The number of Topliss-reactive ketones (excluding diaryl/α,β-unsaturated/α-hetero) is 1. The highest BCUT2D eigenvalue weighted by Gasteiger charge is 2.31. The number of carbonyl (C=O) groups excluding carboxylic acids is 1. The zero-order valence-corrected chi connectivity index (χ0v) is 19.7. The Morgan fingerprint density at radius 3 is 2.71 bits per heavy atom. The number of carboxylic acids is 1. The van der Waals surface area contributed by atoms with Crippen molar-refractivity contribution in [1.29, 1.82) is 0 Å². The number of benzene rings is 2. The predicted octanol–water partition coefficient (Wildman–Crippen LogP) is 5.62. The minimum absolute atomic E-state index is 0.0961. The first-order chi connectivity index (χ1) is 16.4. The Morgan fingerprint density at radius 2 is 1.94 bits per heavy atom. The van der Waals surface area contributed by atoms with E-state index in [-0.39, 0.29) is 35.5 Å². The molecule has 0 spiro atoms. The molecule has 178 valence electrons. The number of ketones is 1. The molecule has 4 rings (SSSR count). The smallest absolute Gasteiger partial charge is 0.336 e. The maximum absolute atomic E-state index is 13.2. The molecule has 1 aliphatic rings. The van der Waals surface area contributed by atoms with Crippen LogP contribution in [0.4, 0.5) is 0 Å². The number of aromatic carboxylic acids is 1. The van der Waals surface area contributed by atoms with Crippen LogP contribution in [0.2, 0.25) is 0 Å². The van der Waals surface area contributed by atoms with E-state index in [4.69, 9.17) is 13.9 Å². The Morgan fingerprint density at radius 1 is 1.15 bits per heavy atom. The number of oxazole rings is 1. The molecule has 1 fully saturated rings. The van der Waals surface area contributed by atoms with Gasteiger partial charge in [0.1, 0.15) is 17.2 Å². The SMILES string of the molecule is COc1cccc(-c2nc(CO[C@H]3CCC[C@@H](C(=O)c4cccc(C)c4C(=O)O)C3)c(C)o2)c1. The lowest BCUT2D eigenvalue weighted by atomic mass is 9.81. The van der Waals surface area contributed by atoms with Crippen molar-refractivity contribution in [3.8, 4) is 17.2 Å². The number of nitrogens with zero attached hydrogens (tertiary/aromatic N) is 1. The second-order valence-electron chi connectivity index (χ2n) is 8.72. The van der Waals surface area contributed by atoms with Gasteiger partial charge in [-0.05, 0) is 56.9 Å². The summed E-state index contributed by atoms with van der Waals surface area (Å²) in [6, 6.07) is 12.6. The van der Waals surface area contributed by atoms with Gasteiger partial charge < -0.3 is 19.0 Å². The monoisotopic (exact) mass is 463 g/mol. The van der Waals surface area contributed by atoms with E-state index in [2.05, 4.69) is 4.98 Å². The molecule has 2 aromatic carbocycles. The average Bonchev–Trinajstić information content (AvgIpc) is 3.22. The molecule has 7 heteroatoms. The molecular weight excluding hydrogens is 434 g/mol. The van der Waals surface area contributed by atoms with Crippen LogP contribution in [0.15, 0.2) is 46.9 Å². The zero-order chi connectivity index (χ0) is 24.2. The fraction of sp³-hybridized carbons (Fsp3) is 0.370. The van der Waals surface area contributed by atoms with Gasteiger partial charge in [0.25, 0.3) is 0 Å². The average molecular weight is 464 g/mol. The van der Waals surface area contributed by atoms with Crippen LogP contribution in [0.3, 0.4) is 0 Å². The highest BCUT2D eigenvalue weighted by molar-refractivity contribution is 6.07. The highest BCUT2D eigenvalue weighted by Crippen LogP contribution is 2.32. The maximum atomic E-state index is 13.2. The molecular formula is C27H29NO6. The first-order valence-corrected chi connectivity index (χ1v) is 11.5. The Kier molecular flexibility index (Phi) is 7.12. The highest BCUT2D eigenvalue weighted by atomic mass is 16.5. The Labute approximate surface area is 198 Å². The summed E-state index contributed by atoms with van der Waals surface area (Å²) in [6.45, 7) is 3.86. The molecule has 0 saturated heterocycles. The van der Waals surface area contributed by atoms with Crippen molar-refractivity contribution < 1.29 is 28.6 Å². The van der Waals surface area contributed by atoms with Crippen LogP contribution < -0.4 is 4.74 Å². The summed E-state index contributed by atoms with van der Waals surface area (Å²) in [5.41, 5.74) is 2.52. The van der Waals surface area contributed by atoms with Crippen molar-refractivity contribution in [1.82, 2.24) is 4.98 Å². The van der Waals surface area contributed by atoms with Crippen molar-refractivity contribution >= 4 is 11.8 Å². The first kappa shape index (κ1) is 23.7. The Bertz CT molecular complexity index is 1200. The van der Waals surface area contributed by atoms with E-state index in [1.54, 1.807) is 32.2 Å². The zero-order valence-electron chi connectivity index (χ0n) is 19.7. The van der Waals surface area contributed by atoms with Gasteiger partial charge >= 0.3 is 5.97 Å². The van der Waals surface area contributed by atoms with Gasteiger partial charge in [0, 0.05) is 17.0 Å². The first-order valence-electron chi connectivity index (χ1n) is 11.5. The van der Waals surface area contributed by atoms with Crippen LogP contribution in [0.25, 0.3) is 11.5 Å². The topological polar surface area (TPSA) is 98.9 Å². The van der Waals surface area contributed by atoms with Crippen LogP contribution >= 0.6 is 0 Å². The summed E-state index contributed by atoms with van der Waals surface area (Å²) in [4.78, 5) is 29.5. The summed E-state index contributed by atoms with van der Waals surface area (Å²) in [6.07, 6.45) is 2.89. The van der Waals surface area contributed by atoms with Gasteiger partial charge in [-0.25, -0.2) is 9.78 Å². The van der Waals surface area contributed by atoms with E-state index < -0.39 is 5.97 Å². The van der Waals surface area contributed by atoms with Crippen molar-refractivity contribution in [3.05, 3.63) is 70.6 Å². The van der Waals surface area contributed by atoms with Crippen LogP contribution in [-0.4, -0.2) is 35.1 Å². The number of rotatable bonds is 8. The van der Waals surface area contributed by atoms with Gasteiger partial charge in [-0.1, -0.05) is 30.7 Å². The number of ether oxygens (including phenoxy) is 2. The minimum Gasteiger partial charge on any atom is -0.497 e. The van der Waals surface area contributed by atoms with Gasteiger partial charge in [0.2, 0.25) is 5.89 Å². The molecule has 1 N–H and O–H groups in total. The van der Waals surface area contributed by atoms with E-state index in [1.165, 1.54) is 0 Å². The van der Waals surface area contributed by atoms with E-state index >= 15 is 0 Å². The summed E-state index contributed by atoms with van der Waals surface area (Å²) < 4.78 is 17.3. The van der Waals surface area contributed by atoms with Gasteiger partial charge in [-0.15, -0.1) is 0 Å². The van der Waals surface area contributed by atoms with Gasteiger partial charge in [0.05, 0.1) is 25.4 Å². The van der Waals surface area contributed by atoms with E-state index in [9.17, 15) is 14.7 Å². The lowest BCUT2D eigenvalue weighted by molar-refractivity contribution is 0.00216. The van der Waals surface area contributed by atoms with Gasteiger partial charge in [-0.2, -0.15) is 0 Å². The fourth-order valence-corrected chi connectivity index (χ4v) is 4.55. The molecule has 1 aromatic heterocycles. The molecule has 1 heterocycles. The normalized spacial score (nSPS) is 18.0. The molecule has 0 aliphatic heterocycles. The number of aromatic nitrogens is 1. The number of aryl methyl sites for hydroxylation is 2. The Hall–Kier alpha value is -3.45. The molecule has 3 aromatic rings. The quantitative estimate of drug-likeness (QED) is 0.433. The van der Waals surface area contributed by atoms with Crippen LogP contribution in [0.1, 0.15) is 63.4 Å². The summed E-state index contributed by atoms with van der Waals surface area (Å²) in [5.74, 6) is 0.471. The molecule has 0 radical (unpaired) electrons. The third kappa shape index (κ3) is 5.04. The van der Waals surface area contributed by atoms with Crippen LogP contribution in [0, 0.1) is 19.8 Å². The molecule has 1 saturated carbocycles. The Balaban J connectivity index is 1.43. The second kappa shape index (κ2) is 10.2. The number of hydrogen-bond acceptors (Lipinski definition) is 6. The van der Waals surface area contributed by atoms with E-state index in [0.29, 0.717) is 23.6 Å². The standard InChI is InChI=1S/C27H29NO6/c1-16-7-4-12-22(24(16)27(30)31)25(29)18-8-5-11-21(13-18)33-15-23-17(2)34-26(28-23)19-9-6-10-20(14-19)32-3/h4,6-7,9-10,12,14,18,21H,5,8,11,13,15H2,1-3H3,(H,30,31)/t18-,21+/m1/s1. The lowest BCUT2D eigenvalue weighted by Gasteiger charge is -2.28. The molecule has 0 bridgehead atoms.